The van der Waals surface area contributed by atoms with Crippen LogP contribution in [-0.2, 0) is 0 Å². The fraction of sp³-hybridized carbons (Fsp3) is 0.294. The first-order valence-electron chi connectivity index (χ1n) is 6.87. The third-order valence-electron chi connectivity index (χ3n) is 3.25. The minimum atomic E-state index is 0.326. The fourth-order valence-electron chi connectivity index (χ4n) is 2.08. The molecule has 0 saturated heterocycles. The number of rotatable bonds is 5. The number of nitrogens with one attached hydrogen (secondary N) is 1. The Morgan fingerprint density at radius 1 is 1.20 bits per heavy atom. The maximum atomic E-state index is 6.00. The van der Waals surface area contributed by atoms with E-state index in [1.807, 2.05) is 37.3 Å². The number of hydrogen-bond acceptors (Lipinski definition) is 2. The summed E-state index contributed by atoms with van der Waals surface area (Å²) in [4.78, 5) is 0. The van der Waals surface area contributed by atoms with Gasteiger partial charge in [0.1, 0.15) is 11.5 Å². The van der Waals surface area contributed by atoms with Gasteiger partial charge >= 0.3 is 0 Å². The quantitative estimate of drug-likeness (QED) is 0.809. The molecular weight excluding hydrogens is 314 g/mol. The van der Waals surface area contributed by atoms with Crippen molar-refractivity contribution in [2.45, 2.75) is 26.8 Å². The van der Waals surface area contributed by atoms with Crippen LogP contribution in [0.25, 0.3) is 0 Å². The van der Waals surface area contributed by atoms with Crippen LogP contribution in [0, 0.1) is 6.92 Å². The summed E-state index contributed by atoms with van der Waals surface area (Å²) >= 11 is 3.48. The average Bonchev–Trinajstić information content (AvgIpc) is 2.43. The van der Waals surface area contributed by atoms with Crippen molar-refractivity contribution in [2.24, 2.45) is 0 Å². The minimum absolute atomic E-state index is 0.326. The van der Waals surface area contributed by atoms with Gasteiger partial charge in [0.15, 0.2) is 0 Å². The predicted octanol–water partition coefficient (Wildman–Crippen LogP) is 5.22. The molecule has 0 aliphatic heterocycles. The third-order valence-corrected chi connectivity index (χ3v) is 3.74. The molecule has 0 spiro atoms. The molecule has 0 aromatic heterocycles. The van der Waals surface area contributed by atoms with E-state index in [2.05, 4.69) is 47.2 Å². The van der Waals surface area contributed by atoms with E-state index in [9.17, 15) is 0 Å². The standard InChI is InChI=1S/C17H20BrNO/c1-4-19-13(3)14-6-5-7-16(10-14)20-17-11-15(18)9-8-12(17)2/h5-11,13,19H,4H2,1-3H3. The molecule has 3 heteroatoms. The molecule has 0 saturated carbocycles. The highest BCUT2D eigenvalue weighted by molar-refractivity contribution is 9.10. The summed E-state index contributed by atoms with van der Waals surface area (Å²) in [5.41, 5.74) is 2.36. The lowest BCUT2D eigenvalue weighted by molar-refractivity contribution is 0.476. The lowest BCUT2D eigenvalue weighted by Crippen LogP contribution is -2.17. The van der Waals surface area contributed by atoms with E-state index in [0.717, 1.165) is 28.1 Å². The van der Waals surface area contributed by atoms with Gasteiger partial charge in [-0.3, -0.25) is 0 Å². The molecule has 0 amide bonds. The van der Waals surface area contributed by atoms with Crippen LogP contribution in [0.2, 0.25) is 0 Å². The summed E-state index contributed by atoms with van der Waals surface area (Å²) in [6.07, 6.45) is 0. The summed E-state index contributed by atoms with van der Waals surface area (Å²) in [6, 6.07) is 14.6. The van der Waals surface area contributed by atoms with E-state index >= 15 is 0 Å². The molecule has 2 rings (SSSR count). The molecule has 1 N–H and O–H groups in total. The van der Waals surface area contributed by atoms with E-state index in [1.54, 1.807) is 0 Å². The second-order valence-corrected chi connectivity index (χ2v) is 5.78. The van der Waals surface area contributed by atoms with Crippen LogP contribution in [0.4, 0.5) is 0 Å². The Kier molecular flexibility index (Phi) is 5.21. The molecule has 2 aromatic carbocycles. The summed E-state index contributed by atoms with van der Waals surface area (Å²) in [7, 11) is 0. The monoisotopic (exact) mass is 333 g/mol. The third kappa shape index (κ3) is 3.84. The molecule has 0 heterocycles. The minimum Gasteiger partial charge on any atom is -0.457 e. The molecule has 2 aromatic rings. The summed E-state index contributed by atoms with van der Waals surface area (Å²) in [5, 5.41) is 3.41. The summed E-state index contributed by atoms with van der Waals surface area (Å²) < 4.78 is 7.02. The smallest absolute Gasteiger partial charge is 0.131 e. The molecular formula is C17H20BrNO. The zero-order valence-corrected chi connectivity index (χ0v) is 13.7. The van der Waals surface area contributed by atoms with Crippen molar-refractivity contribution in [1.29, 1.82) is 0 Å². The van der Waals surface area contributed by atoms with Crippen molar-refractivity contribution in [1.82, 2.24) is 5.32 Å². The highest BCUT2D eigenvalue weighted by atomic mass is 79.9. The van der Waals surface area contributed by atoms with Crippen LogP contribution >= 0.6 is 15.9 Å². The predicted molar refractivity (Wildman–Crippen MR) is 87.5 cm³/mol. The fourth-order valence-corrected chi connectivity index (χ4v) is 2.42. The number of hydrogen-bond donors (Lipinski definition) is 1. The van der Waals surface area contributed by atoms with E-state index in [0.29, 0.717) is 6.04 Å². The highest BCUT2D eigenvalue weighted by Crippen LogP contribution is 2.29. The lowest BCUT2D eigenvalue weighted by Gasteiger charge is -2.15. The van der Waals surface area contributed by atoms with Gasteiger partial charge in [-0.25, -0.2) is 0 Å². The Morgan fingerprint density at radius 3 is 2.75 bits per heavy atom. The van der Waals surface area contributed by atoms with E-state index in [-0.39, 0.29) is 0 Å². The van der Waals surface area contributed by atoms with Crippen LogP contribution in [0.3, 0.4) is 0 Å². The van der Waals surface area contributed by atoms with Gasteiger partial charge in [0, 0.05) is 10.5 Å². The molecule has 0 radical (unpaired) electrons. The van der Waals surface area contributed by atoms with Crippen LogP contribution in [-0.4, -0.2) is 6.54 Å². The second-order valence-electron chi connectivity index (χ2n) is 4.86. The van der Waals surface area contributed by atoms with Gasteiger partial charge in [0.2, 0.25) is 0 Å². The molecule has 0 aliphatic carbocycles. The molecule has 20 heavy (non-hydrogen) atoms. The maximum Gasteiger partial charge on any atom is 0.131 e. The average molecular weight is 334 g/mol. The van der Waals surface area contributed by atoms with Gasteiger partial charge in [0.05, 0.1) is 0 Å². The molecule has 106 valence electrons. The Bertz CT molecular complexity index is 583. The number of aryl methyl sites for hydroxylation is 1. The van der Waals surface area contributed by atoms with Crippen molar-refractivity contribution >= 4 is 15.9 Å². The number of halogens is 1. The van der Waals surface area contributed by atoms with Crippen molar-refractivity contribution in [3.8, 4) is 11.5 Å². The molecule has 2 nitrogen and oxygen atoms in total. The van der Waals surface area contributed by atoms with Crippen LogP contribution in [0.15, 0.2) is 46.9 Å². The van der Waals surface area contributed by atoms with E-state index < -0.39 is 0 Å². The van der Waals surface area contributed by atoms with Crippen LogP contribution in [0.5, 0.6) is 11.5 Å². The Hall–Kier alpha value is -1.32. The zero-order valence-electron chi connectivity index (χ0n) is 12.1. The van der Waals surface area contributed by atoms with Crippen LogP contribution in [0.1, 0.15) is 31.0 Å². The molecule has 0 aliphatic rings. The van der Waals surface area contributed by atoms with Crippen molar-refractivity contribution in [3.05, 3.63) is 58.1 Å². The SMILES string of the molecule is CCNC(C)c1cccc(Oc2cc(Br)ccc2C)c1. The summed E-state index contributed by atoms with van der Waals surface area (Å²) in [6.45, 7) is 7.28. The molecule has 1 unspecified atom stereocenters. The largest absolute Gasteiger partial charge is 0.457 e. The lowest BCUT2D eigenvalue weighted by atomic mass is 10.1. The highest BCUT2D eigenvalue weighted by Gasteiger charge is 2.07. The topological polar surface area (TPSA) is 21.3 Å². The number of benzene rings is 2. The molecule has 0 fully saturated rings. The summed E-state index contributed by atoms with van der Waals surface area (Å²) in [5.74, 6) is 1.75. The van der Waals surface area contributed by atoms with Gasteiger partial charge in [-0.05, 0) is 55.8 Å². The van der Waals surface area contributed by atoms with E-state index in [4.69, 9.17) is 4.74 Å². The Labute approximate surface area is 129 Å². The normalized spacial score (nSPS) is 12.2. The van der Waals surface area contributed by atoms with E-state index in [1.165, 1.54) is 5.56 Å². The van der Waals surface area contributed by atoms with Gasteiger partial charge in [-0.15, -0.1) is 0 Å². The van der Waals surface area contributed by atoms with Crippen molar-refractivity contribution in [3.63, 3.8) is 0 Å². The van der Waals surface area contributed by atoms with Gasteiger partial charge in [-0.1, -0.05) is 41.1 Å². The van der Waals surface area contributed by atoms with Gasteiger partial charge in [-0.2, -0.15) is 0 Å². The van der Waals surface area contributed by atoms with Gasteiger partial charge in [0.25, 0.3) is 0 Å². The molecule has 0 bridgehead atoms. The number of ether oxygens (including phenoxy) is 1. The Balaban J connectivity index is 2.21. The Morgan fingerprint density at radius 2 is 2.00 bits per heavy atom. The first-order chi connectivity index (χ1) is 9.60. The first-order valence-corrected chi connectivity index (χ1v) is 7.66. The second kappa shape index (κ2) is 6.91. The zero-order chi connectivity index (χ0) is 14.5. The van der Waals surface area contributed by atoms with Gasteiger partial charge < -0.3 is 10.1 Å². The van der Waals surface area contributed by atoms with Crippen molar-refractivity contribution < 1.29 is 4.74 Å². The molecule has 1 atom stereocenters. The van der Waals surface area contributed by atoms with Crippen LogP contribution < -0.4 is 10.1 Å². The van der Waals surface area contributed by atoms with Crippen molar-refractivity contribution in [2.75, 3.05) is 6.54 Å². The maximum absolute atomic E-state index is 6.00. The first kappa shape index (κ1) is 15.1.